The molecular weight excluding hydrogens is 250 g/mol. The summed E-state index contributed by atoms with van der Waals surface area (Å²) in [6.45, 7) is 0.756. The van der Waals surface area contributed by atoms with E-state index in [2.05, 4.69) is 15.0 Å². The van der Waals surface area contributed by atoms with Crippen molar-refractivity contribution in [3.63, 3.8) is 0 Å². The van der Waals surface area contributed by atoms with Crippen molar-refractivity contribution in [3.8, 4) is 0 Å². The Bertz CT molecular complexity index is 747. The van der Waals surface area contributed by atoms with Crippen molar-refractivity contribution in [1.82, 2.24) is 14.8 Å². The molecule has 0 saturated heterocycles. The molecule has 2 N–H and O–H groups in total. The smallest absolute Gasteiger partial charge is 0.0745 e. The molecular formula is C15H17N5. The van der Waals surface area contributed by atoms with Gasteiger partial charge in [-0.25, -0.2) is 0 Å². The third-order valence-electron chi connectivity index (χ3n) is 3.34. The van der Waals surface area contributed by atoms with Gasteiger partial charge in [0.25, 0.3) is 0 Å². The molecule has 3 rings (SSSR count). The Morgan fingerprint density at radius 1 is 1.25 bits per heavy atom. The Hall–Kier alpha value is -2.56. The SMILES string of the molecule is CN(Cc1cnn(C)c1)c1c(N)cnc2ccccc12. The standard InChI is InChI=1S/C15H17N5/c1-19(9-11-7-18-20(2)10-11)15-12-5-3-4-6-14(12)17-8-13(15)16/h3-8,10H,9,16H2,1-2H3. The maximum atomic E-state index is 6.12. The molecule has 0 aliphatic rings. The van der Waals surface area contributed by atoms with Gasteiger partial charge in [-0.1, -0.05) is 18.2 Å². The lowest BCUT2D eigenvalue weighted by Crippen LogP contribution is -2.18. The molecule has 0 unspecified atom stereocenters. The van der Waals surface area contributed by atoms with E-state index < -0.39 is 0 Å². The van der Waals surface area contributed by atoms with Crippen molar-refractivity contribution in [2.45, 2.75) is 6.54 Å². The second-order valence-corrected chi connectivity index (χ2v) is 4.96. The van der Waals surface area contributed by atoms with Crippen molar-refractivity contribution in [2.75, 3.05) is 17.7 Å². The number of hydrogen-bond donors (Lipinski definition) is 1. The molecule has 0 radical (unpaired) electrons. The summed E-state index contributed by atoms with van der Waals surface area (Å²) in [6.07, 6.45) is 5.60. The van der Waals surface area contributed by atoms with Crippen molar-refractivity contribution in [3.05, 3.63) is 48.4 Å². The summed E-state index contributed by atoms with van der Waals surface area (Å²) in [4.78, 5) is 6.50. The molecule has 0 amide bonds. The van der Waals surface area contributed by atoms with Gasteiger partial charge in [-0.3, -0.25) is 9.67 Å². The van der Waals surface area contributed by atoms with Gasteiger partial charge in [0, 0.05) is 37.8 Å². The van der Waals surface area contributed by atoms with E-state index in [1.54, 1.807) is 10.9 Å². The lowest BCUT2D eigenvalue weighted by molar-refractivity contribution is 0.766. The van der Waals surface area contributed by atoms with E-state index in [4.69, 9.17) is 5.73 Å². The molecule has 0 bridgehead atoms. The highest BCUT2D eigenvalue weighted by Crippen LogP contribution is 2.31. The molecule has 5 heteroatoms. The number of nitrogen functional groups attached to an aromatic ring is 1. The lowest BCUT2D eigenvalue weighted by atomic mass is 10.1. The fourth-order valence-corrected chi connectivity index (χ4v) is 2.47. The molecule has 0 fully saturated rings. The fraction of sp³-hybridized carbons (Fsp3) is 0.200. The number of pyridine rings is 1. The maximum absolute atomic E-state index is 6.12. The van der Waals surface area contributed by atoms with Gasteiger partial charge >= 0.3 is 0 Å². The predicted octanol–water partition coefficient (Wildman–Crippen LogP) is 2.19. The monoisotopic (exact) mass is 267 g/mol. The largest absolute Gasteiger partial charge is 0.396 e. The first-order valence-electron chi connectivity index (χ1n) is 6.47. The zero-order chi connectivity index (χ0) is 14.1. The Morgan fingerprint density at radius 2 is 2.05 bits per heavy atom. The van der Waals surface area contributed by atoms with E-state index in [9.17, 15) is 0 Å². The summed E-state index contributed by atoms with van der Waals surface area (Å²) in [5.74, 6) is 0. The van der Waals surface area contributed by atoms with Crippen LogP contribution in [0.4, 0.5) is 11.4 Å². The molecule has 2 heterocycles. The van der Waals surface area contributed by atoms with Gasteiger partial charge < -0.3 is 10.6 Å². The predicted molar refractivity (Wildman–Crippen MR) is 81.5 cm³/mol. The first-order chi connectivity index (χ1) is 9.65. The van der Waals surface area contributed by atoms with Gasteiger partial charge in [0.1, 0.15) is 0 Å². The first-order valence-corrected chi connectivity index (χ1v) is 6.47. The van der Waals surface area contributed by atoms with E-state index >= 15 is 0 Å². The summed E-state index contributed by atoms with van der Waals surface area (Å²) >= 11 is 0. The Balaban J connectivity index is 2.02. The second-order valence-electron chi connectivity index (χ2n) is 4.96. The van der Waals surface area contributed by atoms with E-state index in [1.807, 2.05) is 50.8 Å². The minimum Gasteiger partial charge on any atom is -0.396 e. The molecule has 20 heavy (non-hydrogen) atoms. The minimum absolute atomic E-state index is 0.690. The molecule has 1 aromatic carbocycles. The van der Waals surface area contributed by atoms with Gasteiger partial charge in [0.2, 0.25) is 0 Å². The highest BCUT2D eigenvalue weighted by atomic mass is 15.2. The Morgan fingerprint density at radius 3 is 2.80 bits per heavy atom. The summed E-state index contributed by atoms with van der Waals surface area (Å²) in [6, 6.07) is 8.03. The summed E-state index contributed by atoms with van der Waals surface area (Å²) in [5.41, 5.74) is 9.93. The van der Waals surface area contributed by atoms with Crippen molar-refractivity contribution < 1.29 is 0 Å². The number of para-hydroxylation sites is 1. The third-order valence-corrected chi connectivity index (χ3v) is 3.34. The third kappa shape index (κ3) is 2.18. The number of aryl methyl sites for hydroxylation is 1. The second kappa shape index (κ2) is 4.85. The molecule has 102 valence electrons. The molecule has 2 aromatic heterocycles. The zero-order valence-corrected chi connectivity index (χ0v) is 11.6. The van der Waals surface area contributed by atoms with Crippen LogP contribution in [0.25, 0.3) is 10.9 Å². The average Bonchev–Trinajstić information content (AvgIpc) is 2.83. The van der Waals surface area contributed by atoms with Crippen LogP contribution >= 0.6 is 0 Å². The van der Waals surface area contributed by atoms with Gasteiger partial charge in [0.05, 0.1) is 29.3 Å². The summed E-state index contributed by atoms with van der Waals surface area (Å²) in [5, 5.41) is 5.26. The van der Waals surface area contributed by atoms with Crippen molar-refractivity contribution in [1.29, 1.82) is 0 Å². The molecule has 3 aromatic rings. The maximum Gasteiger partial charge on any atom is 0.0745 e. The van der Waals surface area contributed by atoms with Crippen molar-refractivity contribution in [2.24, 2.45) is 7.05 Å². The molecule has 0 spiro atoms. The van der Waals surface area contributed by atoms with Crippen molar-refractivity contribution >= 4 is 22.3 Å². The van der Waals surface area contributed by atoms with Crippen LogP contribution in [0.15, 0.2) is 42.9 Å². The van der Waals surface area contributed by atoms with Crippen LogP contribution in [0.2, 0.25) is 0 Å². The minimum atomic E-state index is 0.690. The van der Waals surface area contributed by atoms with Crippen LogP contribution in [-0.2, 0) is 13.6 Å². The van der Waals surface area contributed by atoms with Crippen LogP contribution in [0.5, 0.6) is 0 Å². The normalized spacial score (nSPS) is 10.9. The summed E-state index contributed by atoms with van der Waals surface area (Å²) in [7, 11) is 3.95. The Labute approximate surface area is 117 Å². The molecule has 0 atom stereocenters. The number of hydrogen-bond acceptors (Lipinski definition) is 4. The van der Waals surface area contributed by atoms with Crippen LogP contribution < -0.4 is 10.6 Å². The van der Waals surface area contributed by atoms with Crippen LogP contribution in [0.1, 0.15) is 5.56 Å². The van der Waals surface area contributed by atoms with Gasteiger partial charge in [-0.2, -0.15) is 5.10 Å². The molecule has 5 nitrogen and oxygen atoms in total. The highest BCUT2D eigenvalue weighted by Gasteiger charge is 2.12. The number of fused-ring (bicyclic) bond motifs is 1. The average molecular weight is 267 g/mol. The number of rotatable bonds is 3. The lowest BCUT2D eigenvalue weighted by Gasteiger charge is -2.22. The highest BCUT2D eigenvalue weighted by molar-refractivity contribution is 5.97. The quantitative estimate of drug-likeness (QED) is 0.790. The van der Waals surface area contributed by atoms with E-state index in [-0.39, 0.29) is 0 Å². The van der Waals surface area contributed by atoms with Crippen LogP contribution in [0, 0.1) is 0 Å². The van der Waals surface area contributed by atoms with E-state index in [0.717, 1.165) is 28.7 Å². The molecule has 0 aliphatic heterocycles. The number of nitrogens with two attached hydrogens (primary N) is 1. The van der Waals surface area contributed by atoms with E-state index in [0.29, 0.717) is 5.69 Å². The van der Waals surface area contributed by atoms with Crippen LogP contribution in [-0.4, -0.2) is 21.8 Å². The van der Waals surface area contributed by atoms with Gasteiger partial charge in [-0.05, 0) is 6.07 Å². The number of nitrogens with zero attached hydrogens (tertiary/aromatic N) is 4. The number of benzene rings is 1. The first kappa shape index (κ1) is 12.5. The Kier molecular flexibility index (Phi) is 3.02. The van der Waals surface area contributed by atoms with Gasteiger partial charge in [-0.15, -0.1) is 0 Å². The van der Waals surface area contributed by atoms with Gasteiger partial charge in [0.15, 0.2) is 0 Å². The fourth-order valence-electron chi connectivity index (χ4n) is 2.47. The molecule has 0 saturated carbocycles. The van der Waals surface area contributed by atoms with Crippen LogP contribution in [0.3, 0.4) is 0 Å². The number of aromatic nitrogens is 3. The summed E-state index contributed by atoms with van der Waals surface area (Å²) < 4.78 is 1.80. The topological polar surface area (TPSA) is 60.0 Å². The molecule has 0 aliphatic carbocycles. The van der Waals surface area contributed by atoms with E-state index in [1.165, 1.54) is 0 Å². The number of anilines is 2. The zero-order valence-electron chi connectivity index (χ0n) is 11.6.